The van der Waals surface area contributed by atoms with Crippen molar-refractivity contribution in [2.75, 3.05) is 18.0 Å². The van der Waals surface area contributed by atoms with E-state index in [0.717, 1.165) is 48.5 Å². The van der Waals surface area contributed by atoms with Gasteiger partial charge in [0, 0.05) is 19.1 Å². The van der Waals surface area contributed by atoms with Crippen LogP contribution in [0.25, 0.3) is 11.0 Å². The second-order valence-electron chi connectivity index (χ2n) is 7.03. The van der Waals surface area contributed by atoms with Crippen molar-refractivity contribution in [3.8, 4) is 5.75 Å². The SMILES string of the molecule is NC1CCCN(c2nc3ccccc3n2Cc2ccc(OC(F)(F)F)cc2)C1. The molecule has 5 nitrogen and oxygen atoms in total. The van der Waals surface area contributed by atoms with Gasteiger partial charge in [0.25, 0.3) is 0 Å². The van der Waals surface area contributed by atoms with Crippen LogP contribution in [-0.4, -0.2) is 35.0 Å². The molecule has 4 rings (SSSR count). The summed E-state index contributed by atoms with van der Waals surface area (Å²) in [5, 5.41) is 0. The number of imidazole rings is 1. The van der Waals surface area contributed by atoms with Crippen LogP contribution in [0.2, 0.25) is 0 Å². The Morgan fingerprint density at radius 3 is 2.57 bits per heavy atom. The van der Waals surface area contributed by atoms with Gasteiger partial charge in [-0.2, -0.15) is 0 Å². The highest BCUT2D eigenvalue weighted by molar-refractivity contribution is 5.79. The standard InChI is InChI=1S/C20H21F3N4O/c21-20(22,23)28-16-9-7-14(8-10-16)12-27-18-6-2-1-5-17(18)25-19(27)26-11-3-4-15(24)13-26/h1-2,5-10,15H,3-4,11-13,24H2. The minimum atomic E-state index is -4.69. The Hall–Kier alpha value is -2.74. The fourth-order valence-electron chi connectivity index (χ4n) is 3.63. The molecule has 2 heterocycles. The number of nitrogens with zero attached hydrogens (tertiary/aromatic N) is 3. The number of nitrogens with two attached hydrogens (primary N) is 1. The molecule has 0 amide bonds. The molecule has 3 aromatic rings. The molecule has 2 N–H and O–H groups in total. The Morgan fingerprint density at radius 1 is 1.11 bits per heavy atom. The quantitative estimate of drug-likeness (QED) is 0.734. The van der Waals surface area contributed by atoms with Gasteiger partial charge in [0.2, 0.25) is 5.95 Å². The first-order valence-corrected chi connectivity index (χ1v) is 9.19. The monoisotopic (exact) mass is 390 g/mol. The van der Waals surface area contributed by atoms with Crippen LogP contribution in [-0.2, 0) is 6.54 Å². The number of fused-ring (bicyclic) bond motifs is 1. The van der Waals surface area contributed by atoms with Gasteiger partial charge in [-0.05, 0) is 42.7 Å². The molecule has 148 valence electrons. The maximum Gasteiger partial charge on any atom is 0.573 e. The number of ether oxygens (including phenoxy) is 1. The molecule has 1 aliphatic heterocycles. The summed E-state index contributed by atoms with van der Waals surface area (Å²) >= 11 is 0. The van der Waals surface area contributed by atoms with Crippen LogP contribution >= 0.6 is 0 Å². The highest BCUT2D eigenvalue weighted by Gasteiger charge is 2.31. The van der Waals surface area contributed by atoms with E-state index in [1.165, 1.54) is 12.1 Å². The van der Waals surface area contributed by atoms with Gasteiger partial charge in [-0.25, -0.2) is 4.98 Å². The molecule has 0 radical (unpaired) electrons. The van der Waals surface area contributed by atoms with E-state index in [1.54, 1.807) is 12.1 Å². The molecule has 0 bridgehead atoms. The summed E-state index contributed by atoms with van der Waals surface area (Å²) in [6.45, 7) is 2.12. The number of piperidine rings is 1. The summed E-state index contributed by atoms with van der Waals surface area (Å²) in [4.78, 5) is 6.98. The highest BCUT2D eigenvalue weighted by atomic mass is 19.4. The van der Waals surface area contributed by atoms with E-state index in [2.05, 4.69) is 14.2 Å². The lowest BCUT2D eigenvalue weighted by Gasteiger charge is -2.32. The number of para-hydroxylation sites is 2. The van der Waals surface area contributed by atoms with Gasteiger partial charge in [-0.15, -0.1) is 13.2 Å². The van der Waals surface area contributed by atoms with E-state index in [1.807, 2.05) is 24.3 Å². The molecule has 2 aromatic carbocycles. The summed E-state index contributed by atoms with van der Waals surface area (Å²) in [6, 6.07) is 13.9. The molecule has 28 heavy (non-hydrogen) atoms. The average Bonchev–Trinajstić information content (AvgIpc) is 3.01. The Kier molecular flexibility index (Phi) is 4.89. The Labute approximate surface area is 160 Å². The van der Waals surface area contributed by atoms with Gasteiger partial charge >= 0.3 is 6.36 Å². The molecule has 1 atom stereocenters. The first-order valence-electron chi connectivity index (χ1n) is 9.19. The summed E-state index contributed by atoms with van der Waals surface area (Å²) in [6.07, 6.45) is -2.69. The van der Waals surface area contributed by atoms with Gasteiger partial charge in [-0.1, -0.05) is 24.3 Å². The number of hydrogen-bond donors (Lipinski definition) is 1. The molecule has 1 unspecified atom stereocenters. The fourth-order valence-corrected chi connectivity index (χ4v) is 3.63. The van der Waals surface area contributed by atoms with Crippen LogP contribution in [0.3, 0.4) is 0 Å². The third-order valence-electron chi connectivity index (χ3n) is 4.87. The minimum absolute atomic E-state index is 0.112. The van der Waals surface area contributed by atoms with Crippen LogP contribution in [0.1, 0.15) is 18.4 Å². The van der Waals surface area contributed by atoms with Crippen LogP contribution in [0, 0.1) is 0 Å². The molecule has 1 aliphatic rings. The molecule has 8 heteroatoms. The lowest BCUT2D eigenvalue weighted by molar-refractivity contribution is -0.274. The lowest BCUT2D eigenvalue weighted by atomic mass is 10.1. The van der Waals surface area contributed by atoms with E-state index in [-0.39, 0.29) is 11.8 Å². The number of alkyl halides is 3. The number of benzene rings is 2. The Morgan fingerprint density at radius 2 is 1.86 bits per heavy atom. The molecular formula is C20H21F3N4O. The van der Waals surface area contributed by atoms with Gasteiger partial charge < -0.3 is 19.9 Å². The summed E-state index contributed by atoms with van der Waals surface area (Å²) in [5.41, 5.74) is 8.87. The molecule has 1 saturated heterocycles. The summed E-state index contributed by atoms with van der Waals surface area (Å²) < 4.78 is 43.1. The van der Waals surface area contributed by atoms with Crippen molar-refractivity contribution in [2.24, 2.45) is 5.73 Å². The van der Waals surface area contributed by atoms with Crippen molar-refractivity contribution in [2.45, 2.75) is 31.8 Å². The van der Waals surface area contributed by atoms with E-state index in [4.69, 9.17) is 10.7 Å². The van der Waals surface area contributed by atoms with E-state index in [9.17, 15) is 13.2 Å². The topological polar surface area (TPSA) is 56.3 Å². The number of anilines is 1. The third kappa shape index (κ3) is 4.06. The van der Waals surface area contributed by atoms with E-state index >= 15 is 0 Å². The average molecular weight is 390 g/mol. The van der Waals surface area contributed by atoms with Crippen LogP contribution in [0.4, 0.5) is 19.1 Å². The largest absolute Gasteiger partial charge is 0.573 e. The van der Waals surface area contributed by atoms with Gasteiger partial charge in [-0.3, -0.25) is 0 Å². The molecule has 1 aromatic heterocycles. The maximum absolute atomic E-state index is 12.4. The number of halogens is 3. The first-order chi connectivity index (χ1) is 13.4. The van der Waals surface area contributed by atoms with Gasteiger partial charge in [0.15, 0.2) is 0 Å². The molecule has 0 spiro atoms. The van der Waals surface area contributed by atoms with Gasteiger partial charge in [0.05, 0.1) is 17.6 Å². The molecule has 1 fully saturated rings. The molecular weight excluding hydrogens is 369 g/mol. The smallest absolute Gasteiger partial charge is 0.406 e. The predicted molar refractivity (Wildman–Crippen MR) is 101 cm³/mol. The summed E-state index contributed by atoms with van der Waals surface area (Å²) in [5.74, 6) is 0.612. The van der Waals surface area contributed by atoms with Crippen molar-refractivity contribution < 1.29 is 17.9 Å². The highest BCUT2D eigenvalue weighted by Crippen LogP contribution is 2.27. The van der Waals surface area contributed by atoms with Crippen LogP contribution in [0.5, 0.6) is 5.75 Å². The second-order valence-corrected chi connectivity index (χ2v) is 7.03. The van der Waals surface area contributed by atoms with Crippen LogP contribution < -0.4 is 15.4 Å². The van der Waals surface area contributed by atoms with Crippen molar-refractivity contribution in [3.63, 3.8) is 0 Å². The Bertz CT molecular complexity index is 952. The predicted octanol–water partition coefficient (Wildman–Crippen LogP) is 3.91. The van der Waals surface area contributed by atoms with Crippen molar-refractivity contribution in [3.05, 3.63) is 54.1 Å². The van der Waals surface area contributed by atoms with Gasteiger partial charge in [0.1, 0.15) is 5.75 Å². The zero-order chi connectivity index (χ0) is 19.7. The summed E-state index contributed by atoms with van der Waals surface area (Å²) in [7, 11) is 0. The van der Waals surface area contributed by atoms with E-state index in [0.29, 0.717) is 6.54 Å². The fraction of sp³-hybridized carbons (Fsp3) is 0.350. The zero-order valence-corrected chi connectivity index (χ0v) is 15.2. The molecule has 0 saturated carbocycles. The minimum Gasteiger partial charge on any atom is -0.406 e. The third-order valence-corrected chi connectivity index (χ3v) is 4.87. The number of aromatic nitrogens is 2. The zero-order valence-electron chi connectivity index (χ0n) is 15.2. The van der Waals surface area contributed by atoms with Crippen molar-refractivity contribution in [1.82, 2.24) is 9.55 Å². The first kappa shape index (κ1) is 18.6. The molecule has 0 aliphatic carbocycles. The van der Waals surface area contributed by atoms with Crippen LogP contribution in [0.15, 0.2) is 48.5 Å². The van der Waals surface area contributed by atoms with Crippen molar-refractivity contribution >= 4 is 17.0 Å². The number of hydrogen-bond acceptors (Lipinski definition) is 4. The van der Waals surface area contributed by atoms with E-state index < -0.39 is 6.36 Å². The Balaban J connectivity index is 1.65. The number of rotatable bonds is 4. The second kappa shape index (κ2) is 7.35. The van der Waals surface area contributed by atoms with Crippen molar-refractivity contribution in [1.29, 1.82) is 0 Å². The maximum atomic E-state index is 12.4. The lowest BCUT2D eigenvalue weighted by Crippen LogP contribution is -2.44. The normalized spacial score (nSPS) is 17.9.